The van der Waals surface area contributed by atoms with Crippen LogP contribution in [0.4, 0.5) is 0 Å². The van der Waals surface area contributed by atoms with Crippen molar-refractivity contribution >= 4 is 0 Å². The summed E-state index contributed by atoms with van der Waals surface area (Å²) in [5.41, 5.74) is 6.07. The molecule has 1 aliphatic rings. The van der Waals surface area contributed by atoms with Crippen LogP contribution in [0, 0.1) is 5.92 Å². The van der Waals surface area contributed by atoms with E-state index in [1.807, 2.05) is 0 Å². The molecule has 2 aromatic rings. The fourth-order valence-electron chi connectivity index (χ4n) is 4.27. The highest BCUT2D eigenvalue weighted by molar-refractivity contribution is 5.68. The zero-order valence-electron chi connectivity index (χ0n) is 17.0. The van der Waals surface area contributed by atoms with Gasteiger partial charge < -0.3 is 5.11 Å². The van der Waals surface area contributed by atoms with Gasteiger partial charge in [0.1, 0.15) is 5.75 Å². The molecule has 1 aliphatic carbocycles. The molecule has 3 rings (SSSR count). The fourth-order valence-corrected chi connectivity index (χ4v) is 4.27. The minimum Gasteiger partial charge on any atom is -0.507 e. The van der Waals surface area contributed by atoms with Crippen LogP contribution >= 0.6 is 0 Å². The van der Waals surface area contributed by atoms with Gasteiger partial charge in [-0.2, -0.15) is 0 Å². The standard InChI is InChI=1S/C25H34O/c1-16(2)23-14-22(15-24(17(3)4)25(23)26)21-12-10-20(11-13-21)19-8-6-18(5)7-9-19/h10-19,26H,6-9H2,1-5H3. The van der Waals surface area contributed by atoms with Gasteiger partial charge in [0.2, 0.25) is 0 Å². The molecule has 0 unspecified atom stereocenters. The second kappa shape index (κ2) is 7.86. The third-order valence-corrected chi connectivity index (χ3v) is 6.14. The van der Waals surface area contributed by atoms with Gasteiger partial charge in [0.05, 0.1) is 0 Å². The molecule has 1 fully saturated rings. The van der Waals surface area contributed by atoms with Crippen molar-refractivity contribution in [2.45, 2.75) is 78.1 Å². The topological polar surface area (TPSA) is 20.2 Å². The Labute approximate surface area is 159 Å². The maximum Gasteiger partial charge on any atom is 0.122 e. The molecule has 26 heavy (non-hydrogen) atoms. The van der Waals surface area contributed by atoms with Crippen LogP contribution in [0.1, 0.15) is 94.7 Å². The highest BCUT2D eigenvalue weighted by Crippen LogP contribution is 2.39. The molecule has 1 nitrogen and oxygen atoms in total. The average molecular weight is 351 g/mol. The molecular formula is C25H34O. The van der Waals surface area contributed by atoms with Crippen molar-refractivity contribution in [1.82, 2.24) is 0 Å². The first-order valence-electron chi connectivity index (χ1n) is 10.3. The van der Waals surface area contributed by atoms with Crippen molar-refractivity contribution < 1.29 is 5.11 Å². The number of hydrogen-bond donors (Lipinski definition) is 1. The van der Waals surface area contributed by atoms with E-state index in [2.05, 4.69) is 71.0 Å². The van der Waals surface area contributed by atoms with E-state index in [0.717, 1.165) is 23.0 Å². The number of hydrogen-bond acceptors (Lipinski definition) is 1. The van der Waals surface area contributed by atoms with E-state index in [1.165, 1.54) is 42.4 Å². The van der Waals surface area contributed by atoms with Crippen LogP contribution in [0.25, 0.3) is 11.1 Å². The van der Waals surface area contributed by atoms with Gasteiger partial charge in [-0.1, -0.05) is 71.7 Å². The van der Waals surface area contributed by atoms with Crippen LogP contribution < -0.4 is 0 Å². The number of rotatable bonds is 4. The number of benzene rings is 2. The Bertz CT molecular complexity index is 702. The van der Waals surface area contributed by atoms with Gasteiger partial charge in [0.25, 0.3) is 0 Å². The van der Waals surface area contributed by atoms with Crippen LogP contribution in [-0.4, -0.2) is 5.11 Å². The van der Waals surface area contributed by atoms with E-state index < -0.39 is 0 Å². The van der Waals surface area contributed by atoms with E-state index >= 15 is 0 Å². The molecule has 1 heteroatoms. The third kappa shape index (κ3) is 3.98. The number of phenolic OH excluding ortho intramolecular Hbond substituents is 1. The van der Waals surface area contributed by atoms with Crippen LogP contribution in [0.15, 0.2) is 36.4 Å². The van der Waals surface area contributed by atoms with Crippen LogP contribution in [0.5, 0.6) is 5.75 Å². The lowest BCUT2D eigenvalue weighted by Crippen LogP contribution is -2.10. The van der Waals surface area contributed by atoms with Crippen LogP contribution in [0.2, 0.25) is 0 Å². The Morgan fingerprint density at radius 1 is 0.769 bits per heavy atom. The van der Waals surface area contributed by atoms with Crippen LogP contribution in [0.3, 0.4) is 0 Å². The van der Waals surface area contributed by atoms with Gasteiger partial charge >= 0.3 is 0 Å². The van der Waals surface area contributed by atoms with E-state index in [4.69, 9.17) is 0 Å². The van der Waals surface area contributed by atoms with Gasteiger partial charge in [0.15, 0.2) is 0 Å². The third-order valence-electron chi connectivity index (χ3n) is 6.14. The highest BCUT2D eigenvalue weighted by Gasteiger charge is 2.20. The van der Waals surface area contributed by atoms with E-state index in [9.17, 15) is 5.11 Å². The first kappa shape index (κ1) is 19.0. The Morgan fingerprint density at radius 3 is 1.73 bits per heavy atom. The second-order valence-corrected chi connectivity index (χ2v) is 8.89. The molecule has 0 saturated heterocycles. The molecule has 0 amide bonds. The molecule has 0 bridgehead atoms. The molecule has 0 atom stereocenters. The summed E-state index contributed by atoms with van der Waals surface area (Å²) in [5.74, 6) is 2.74. The quantitative estimate of drug-likeness (QED) is 0.602. The molecule has 1 N–H and O–H groups in total. The summed E-state index contributed by atoms with van der Waals surface area (Å²) in [5, 5.41) is 10.6. The van der Waals surface area contributed by atoms with Gasteiger partial charge in [-0.15, -0.1) is 0 Å². The Morgan fingerprint density at radius 2 is 1.27 bits per heavy atom. The smallest absolute Gasteiger partial charge is 0.122 e. The first-order chi connectivity index (χ1) is 12.4. The minimum atomic E-state index is 0.316. The zero-order chi connectivity index (χ0) is 18.8. The van der Waals surface area contributed by atoms with Gasteiger partial charge in [-0.25, -0.2) is 0 Å². The van der Waals surface area contributed by atoms with Crippen molar-refractivity contribution in [2.24, 2.45) is 5.92 Å². The maximum absolute atomic E-state index is 10.6. The van der Waals surface area contributed by atoms with Crippen molar-refractivity contribution in [3.8, 4) is 16.9 Å². The number of aromatic hydroxyl groups is 1. The molecule has 2 aromatic carbocycles. The summed E-state index contributed by atoms with van der Waals surface area (Å²) in [6, 6.07) is 13.5. The Hall–Kier alpha value is -1.76. The van der Waals surface area contributed by atoms with Gasteiger partial charge in [-0.3, -0.25) is 0 Å². The summed E-state index contributed by atoms with van der Waals surface area (Å²) < 4.78 is 0. The summed E-state index contributed by atoms with van der Waals surface area (Å²) in [7, 11) is 0. The van der Waals surface area contributed by atoms with Crippen LogP contribution in [-0.2, 0) is 0 Å². The number of phenols is 1. The SMILES string of the molecule is CC1CCC(c2ccc(-c3cc(C(C)C)c(O)c(C(C)C)c3)cc2)CC1. The lowest BCUT2D eigenvalue weighted by Gasteiger charge is -2.26. The lowest BCUT2D eigenvalue weighted by atomic mass is 9.79. The van der Waals surface area contributed by atoms with Crippen molar-refractivity contribution in [1.29, 1.82) is 0 Å². The molecule has 0 radical (unpaired) electrons. The second-order valence-electron chi connectivity index (χ2n) is 8.89. The summed E-state index contributed by atoms with van der Waals surface area (Å²) in [4.78, 5) is 0. The van der Waals surface area contributed by atoms with Crippen molar-refractivity contribution in [3.05, 3.63) is 53.1 Å². The zero-order valence-corrected chi connectivity index (χ0v) is 17.0. The summed E-state index contributed by atoms with van der Waals surface area (Å²) >= 11 is 0. The molecule has 140 valence electrons. The largest absolute Gasteiger partial charge is 0.507 e. The monoisotopic (exact) mass is 350 g/mol. The normalized spacial score (nSPS) is 20.7. The molecule has 1 saturated carbocycles. The maximum atomic E-state index is 10.6. The van der Waals surface area contributed by atoms with Crippen molar-refractivity contribution in [3.63, 3.8) is 0 Å². The van der Waals surface area contributed by atoms with E-state index in [1.54, 1.807) is 0 Å². The molecule has 0 aliphatic heterocycles. The Balaban J connectivity index is 1.91. The summed E-state index contributed by atoms with van der Waals surface area (Å²) in [6.45, 7) is 11.0. The first-order valence-corrected chi connectivity index (χ1v) is 10.3. The van der Waals surface area contributed by atoms with E-state index in [0.29, 0.717) is 17.6 Å². The van der Waals surface area contributed by atoms with Gasteiger partial charge in [0, 0.05) is 0 Å². The fraction of sp³-hybridized carbons (Fsp3) is 0.520. The lowest BCUT2D eigenvalue weighted by molar-refractivity contribution is 0.348. The molecule has 0 heterocycles. The molecule has 0 spiro atoms. The summed E-state index contributed by atoms with van der Waals surface area (Å²) in [6.07, 6.45) is 5.38. The van der Waals surface area contributed by atoms with E-state index in [-0.39, 0.29) is 0 Å². The highest BCUT2D eigenvalue weighted by atomic mass is 16.3. The molecule has 0 aromatic heterocycles. The predicted molar refractivity (Wildman–Crippen MR) is 112 cm³/mol. The molecular weight excluding hydrogens is 316 g/mol. The predicted octanol–water partition coefficient (Wildman–Crippen LogP) is 7.60. The van der Waals surface area contributed by atoms with Crippen molar-refractivity contribution in [2.75, 3.05) is 0 Å². The van der Waals surface area contributed by atoms with Gasteiger partial charge in [-0.05, 0) is 76.5 Å². The Kier molecular flexibility index (Phi) is 5.75. The average Bonchev–Trinajstić information content (AvgIpc) is 2.62. The minimum absolute atomic E-state index is 0.316.